The third kappa shape index (κ3) is 2.42. The van der Waals surface area contributed by atoms with Gasteiger partial charge in [-0.25, -0.2) is 4.98 Å². The van der Waals surface area contributed by atoms with Crippen molar-refractivity contribution in [3.63, 3.8) is 0 Å². The Hall–Kier alpha value is -1.34. The number of nitriles is 1. The van der Waals surface area contributed by atoms with E-state index in [0.29, 0.717) is 16.3 Å². The second kappa shape index (κ2) is 4.67. The highest BCUT2D eigenvalue weighted by Gasteiger charge is 2.29. The summed E-state index contributed by atoms with van der Waals surface area (Å²) < 4.78 is 0. The van der Waals surface area contributed by atoms with Crippen LogP contribution in [-0.2, 0) is 4.79 Å². The van der Waals surface area contributed by atoms with Gasteiger partial charge < -0.3 is 0 Å². The summed E-state index contributed by atoms with van der Waals surface area (Å²) in [6.07, 6.45) is 3.75. The van der Waals surface area contributed by atoms with Gasteiger partial charge in [-0.2, -0.15) is 5.26 Å². The Kier molecular flexibility index (Phi) is 3.25. The summed E-state index contributed by atoms with van der Waals surface area (Å²) in [5.41, 5.74) is 1.51. The molecule has 1 fully saturated rings. The maximum Gasteiger partial charge on any atom is 0.146 e. The number of hydrogen-bond acceptors (Lipinski definition) is 4. The number of nitrogens with zero attached hydrogens (tertiary/aromatic N) is 2. The number of hydrogen-bond donors (Lipinski definition) is 0. The second-order valence-corrected chi connectivity index (χ2v) is 4.91. The van der Waals surface area contributed by atoms with Gasteiger partial charge in [0.25, 0.3) is 0 Å². The zero-order valence-electron chi connectivity index (χ0n) is 9.06. The Bertz CT molecular complexity index is 461. The first kappa shape index (κ1) is 11.2. The summed E-state index contributed by atoms with van der Waals surface area (Å²) in [6, 6.07) is 3.95. The van der Waals surface area contributed by atoms with Crippen molar-refractivity contribution in [1.82, 2.24) is 4.98 Å². The highest BCUT2D eigenvalue weighted by atomic mass is 32.2. The number of aromatic nitrogens is 1. The topological polar surface area (TPSA) is 53.8 Å². The molecule has 0 aromatic carbocycles. The van der Waals surface area contributed by atoms with Crippen LogP contribution in [0.4, 0.5) is 0 Å². The lowest BCUT2D eigenvalue weighted by Gasteiger charge is -2.03. The van der Waals surface area contributed by atoms with E-state index in [2.05, 4.69) is 11.1 Å². The Labute approximate surface area is 98.9 Å². The number of rotatable bonds is 4. The number of Topliss-reactive ketones (excluding diaryl/α,β-unsaturated/α-hetero) is 1. The van der Waals surface area contributed by atoms with Crippen LogP contribution in [-0.4, -0.2) is 16.5 Å². The van der Waals surface area contributed by atoms with Gasteiger partial charge in [0.2, 0.25) is 0 Å². The molecule has 0 spiro atoms. The van der Waals surface area contributed by atoms with Crippen molar-refractivity contribution in [3.8, 4) is 6.07 Å². The molecular weight excluding hydrogens is 220 g/mol. The van der Waals surface area contributed by atoms with Gasteiger partial charge in [-0.3, -0.25) is 4.79 Å². The lowest BCUT2D eigenvalue weighted by atomic mass is 10.2. The van der Waals surface area contributed by atoms with Gasteiger partial charge >= 0.3 is 0 Å². The molecule has 3 nitrogen and oxygen atoms in total. The number of ketones is 1. The molecular formula is C12H12N2OS. The molecule has 1 aliphatic rings. The average molecular weight is 232 g/mol. The predicted molar refractivity (Wildman–Crippen MR) is 62.1 cm³/mol. The summed E-state index contributed by atoms with van der Waals surface area (Å²) >= 11 is 1.38. The highest BCUT2D eigenvalue weighted by molar-refractivity contribution is 8.00. The third-order valence-corrected chi connectivity index (χ3v) is 3.63. The quantitative estimate of drug-likeness (QED) is 0.748. The first-order valence-corrected chi connectivity index (χ1v) is 6.22. The van der Waals surface area contributed by atoms with Crippen LogP contribution in [0.5, 0.6) is 0 Å². The fourth-order valence-electron chi connectivity index (χ4n) is 1.44. The first-order chi connectivity index (χ1) is 7.72. The zero-order chi connectivity index (χ0) is 11.5. The Balaban J connectivity index is 2.06. The minimum absolute atomic E-state index is 0.280. The molecule has 0 bridgehead atoms. The van der Waals surface area contributed by atoms with Crippen LogP contribution in [0, 0.1) is 24.2 Å². The van der Waals surface area contributed by atoms with Gasteiger partial charge in [-0.05, 0) is 31.4 Å². The van der Waals surface area contributed by atoms with E-state index < -0.39 is 0 Å². The van der Waals surface area contributed by atoms with Crippen molar-refractivity contribution >= 4 is 17.5 Å². The van der Waals surface area contributed by atoms with Gasteiger partial charge in [-0.1, -0.05) is 11.8 Å². The maximum atomic E-state index is 11.5. The number of thioether (sulfide) groups is 1. The SMILES string of the molecule is Cc1ccnc(SCC(=O)C2CC2)c1C#N. The van der Waals surface area contributed by atoms with Crippen molar-refractivity contribution in [2.45, 2.75) is 24.8 Å². The number of pyridine rings is 1. The number of carbonyl (C=O) groups excluding carboxylic acids is 1. The average Bonchev–Trinajstić information content (AvgIpc) is 3.09. The van der Waals surface area contributed by atoms with Crippen LogP contribution in [0.3, 0.4) is 0 Å². The lowest BCUT2D eigenvalue weighted by molar-refractivity contribution is -0.117. The van der Waals surface area contributed by atoms with Crippen LogP contribution in [0.1, 0.15) is 24.0 Å². The lowest BCUT2D eigenvalue weighted by Crippen LogP contribution is -2.04. The summed E-state index contributed by atoms with van der Waals surface area (Å²) in [5, 5.41) is 9.68. The molecule has 0 radical (unpaired) electrons. The monoisotopic (exact) mass is 232 g/mol. The second-order valence-electron chi connectivity index (χ2n) is 3.95. The largest absolute Gasteiger partial charge is 0.298 e. The van der Waals surface area contributed by atoms with Gasteiger partial charge in [-0.15, -0.1) is 0 Å². The molecule has 16 heavy (non-hydrogen) atoms. The summed E-state index contributed by atoms with van der Waals surface area (Å²) in [6.45, 7) is 1.88. The Morgan fingerprint density at radius 3 is 3.06 bits per heavy atom. The van der Waals surface area contributed by atoms with E-state index in [1.165, 1.54) is 11.8 Å². The van der Waals surface area contributed by atoms with E-state index >= 15 is 0 Å². The molecule has 1 heterocycles. The molecule has 1 saturated carbocycles. The molecule has 1 aromatic rings. The molecule has 0 saturated heterocycles. The van der Waals surface area contributed by atoms with E-state index in [1.807, 2.05) is 13.0 Å². The van der Waals surface area contributed by atoms with Crippen molar-refractivity contribution in [2.75, 3.05) is 5.75 Å². The van der Waals surface area contributed by atoms with E-state index in [-0.39, 0.29) is 11.7 Å². The molecule has 1 aliphatic carbocycles. The van der Waals surface area contributed by atoms with E-state index in [0.717, 1.165) is 18.4 Å². The van der Waals surface area contributed by atoms with E-state index in [1.54, 1.807) is 6.20 Å². The van der Waals surface area contributed by atoms with Crippen molar-refractivity contribution in [1.29, 1.82) is 5.26 Å². The van der Waals surface area contributed by atoms with Gasteiger partial charge in [0, 0.05) is 12.1 Å². The van der Waals surface area contributed by atoms with Crippen LogP contribution in [0.25, 0.3) is 0 Å². The smallest absolute Gasteiger partial charge is 0.146 e. The fraction of sp³-hybridized carbons (Fsp3) is 0.417. The van der Waals surface area contributed by atoms with E-state index in [4.69, 9.17) is 5.26 Å². The Morgan fingerprint density at radius 1 is 1.69 bits per heavy atom. The van der Waals surface area contributed by atoms with Crippen molar-refractivity contribution in [3.05, 3.63) is 23.4 Å². The summed E-state index contributed by atoms with van der Waals surface area (Å²) in [5.74, 6) is 1.01. The van der Waals surface area contributed by atoms with Crippen LogP contribution in [0.2, 0.25) is 0 Å². The zero-order valence-corrected chi connectivity index (χ0v) is 9.88. The standard InChI is InChI=1S/C12H12N2OS/c1-8-4-5-14-12(10(8)6-13)16-7-11(15)9-2-3-9/h4-5,9H,2-3,7H2,1H3. The van der Waals surface area contributed by atoms with Crippen LogP contribution in [0.15, 0.2) is 17.3 Å². The maximum absolute atomic E-state index is 11.5. The van der Waals surface area contributed by atoms with Gasteiger partial charge in [0.1, 0.15) is 16.9 Å². The first-order valence-electron chi connectivity index (χ1n) is 5.23. The molecule has 1 aromatic heterocycles. The predicted octanol–water partition coefficient (Wildman–Crippen LogP) is 2.33. The molecule has 4 heteroatoms. The van der Waals surface area contributed by atoms with Crippen LogP contribution < -0.4 is 0 Å². The van der Waals surface area contributed by atoms with Crippen molar-refractivity contribution < 1.29 is 4.79 Å². The summed E-state index contributed by atoms with van der Waals surface area (Å²) in [4.78, 5) is 15.7. The molecule has 0 unspecified atom stereocenters. The molecule has 0 amide bonds. The molecule has 2 rings (SSSR count). The van der Waals surface area contributed by atoms with Crippen molar-refractivity contribution in [2.24, 2.45) is 5.92 Å². The number of carbonyl (C=O) groups is 1. The molecule has 82 valence electrons. The molecule has 0 aliphatic heterocycles. The molecule has 0 N–H and O–H groups in total. The highest BCUT2D eigenvalue weighted by Crippen LogP contribution is 2.32. The van der Waals surface area contributed by atoms with Crippen LogP contribution >= 0.6 is 11.8 Å². The molecule has 0 atom stereocenters. The normalized spacial score (nSPS) is 14.5. The van der Waals surface area contributed by atoms with Gasteiger partial charge in [0.05, 0.1) is 11.3 Å². The van der Waals surface area contributed by atoms with E-state index in [9.17, 15) is 4.79 Å². The minimum atomic E-state index is 0.280. The Morgan fingerprint density at radius 2 is 2.44 bits per heavy atom. The number of aryl methyl sites for hydroxylation is 1. The fourth-order valence-corrected chi connectivity index (χ4v) is 2.44. The minimum Gasteiger partial charge on any atom is -0.298 e. The van der Waals surface area contributed by atoms with Gasteiger partial charge in [0.15, 0.2) is 0 Å². The summed E-state index contributed by atoms with van der Waals surface area (Å²) in [7, 11) is 0. The third-order valence-electron chi connectivity index (χ3n) is 2.62.